The highest BCUT2D eigenvalue weighted by molar-refractivity contribution is 5.95. The molecular weight excluding hydrogens is 268 g/mol. The molecule has 2 unspecified atom stereocenters. The smallest absolute Gasteiger partial charge is 0.306 e. The molecule has 1 aromatic rings. The van der Waals surface area contributed by atoms with Gasteiger partial charge in [0.15, 0.2) is 0 Å². The first-order valence-electron chi connectivity index (χ1n) is 7.43. The molecule has 5 nitrogen and oxygen atoms in total. The molecule has 2 rings (SSSR count). The third-order valence-electron chi connectivity index (χ3n) is 4.03. The van der Waals surface area contributed by atoms with Gasteiger partial charge < -0.3 is 16.2 Å². The summed E-state index contributed by atoms with van der Waals surface area (Å²) in [5.41, 5.74) is 7.14. The fraction of sp³-hybridized carbons (Fsp3) is 0.500. The van der Waals surface area contributed by atoms with Crippen molar-refractivity contribution in [1.82, 2.24) is 5.32 Å². The monoisotopic (exact) mass is 290 g/mol. The lowest BCUT2D eigenvalue weighted by Gasteiger charge is -2.27. The van der Waals surface area contributed by atoms with Gasteiger partial charge in [0.05, 0.1) is 5.92 Å². The van der Waals surface area contributed by atoms with Crippen LogP contribution in [0.1, 0.15) is 41.6 Å². The number of aliphatic carboxylic acids is 1. The molecule has 1 fully saturated rings. The Balaban J connectivity index is 2.02. The Hall–Kier alpha value is -1.88. The van der Waals surface area contributed by atoms with E-state index in [1.54, 1.807) is 6.07 Å². The van der Waals surface area contributed by atoms with Gasteiger partial charge in [0.1, 0.15) is 0 Å². The molecular formula is C16H22N2O3. The quantitative estimate of drug-likeness (QED) is 0.767. The minimum atomic E-state index is -0.766. The van der Waals surface area contributed by atoms with Crippen LogP contribution in [0.4, 0.5) is 0 Å². The first-order chi connectivity index (χ1) is 10.1. The van der Waals surface area contributed by atoms with Gasteiger partial charge in [-0.05, 0) is 43.9 Å². The Morgan fingerprint density at radius 2 is 2.05 bits per heavy atom. The highest BCUT2D eigenvalue weighted by Gasteiger charge is 2.28. The lowest BCUT2D eigenvalue weighted by molar-refractivity contribution is -0.143. The zero-order valence-electron chi connectivity index (χ0n) is 12.0. The average Bonchev–Trinajstić information content (AvgIpc) is 2.48. The molecule has 21 heavy (non-hydrogen) atoms. The van der Waals surface area contributed by atoms with E-state index in [0.717, 1.165) is 18.4 Å². The molecule has 1 aromatic carbocycles. The minimum absolute atomic E-state index is 0.0571. The van der Waals surface area contributed by atoms with Crippen molar-refractivity contribution in [3.8, 4) is 0 Å². The number of carbonyl (C=O) groups is 2. The van der Waals surface area contributed by atoms with E-state index in [9.17, 15) is 9.59 Å². The summed E-state index contributed by atoms with van der Waals surface area (Å²) in [5, 5.41) is 12.1. The Labute approximate surface area is 124 Å². The summed E-state index contributed by atoms with van der Waals surface area (Å²) >= 11 is 0. The van der Waals surface area contributed by atoms with E-state index < -0.39 is 5.97 Å². The predicted molar refractivity (Wildman–Crippen MR) is 80.0 cm³/mol. The van der Waals surface area contributed by atoms with Gasteiger partial charge in [0.2, 0.25) is 0 Å². The average molecular weight is 290 g/mol. The molecule has 0 radical (unpaired) electrons. The summed E-state index contributed by atoms with van der Waals surface area (Å²) in [7, 11) is 0. The maximum absolute atomic E-state index is 12.4. The number of carbonyl (C=O) groups excluding carboxylic acids is 1. The molecule has 0 saturated heterocycles. The Kier molecular flexibility index (Phi) is 5.33. The zero-order chi connectivity index (χ0) is 15.2. The molecule has 5 heteroatoms. The molecule has 0 heterocycles. The van der Waals surface area contributed by atoms with Crippen molar-refractivity contribution >= 4 is 11.9 Å². The molecule has 0 aromatic heterocycles. The SMILES string of the molecule is NCCc1ccccc1C(=O)NC1CCCC(C(=O)O)C1. The number of hydrogen-bond donors (Lipinski definition) is 3. The van der Waals surface area contributed by atoms with Gasteiger partial charge in [0, 0.05) is 11.6 Å². The van der Waals surface area contributed by atoms with Crippen LogP contribution in [0.25, 0.3) is 0 Å². The Morgan fingerprint density at radius 3 is 2.76 bits per heavy atom. The maximum atomic E-state index is 12.4. The number of carboxylic acid groups (broad SMARTS) is 1. The van der Waals surface area contributed by atoms with Crippen molar-refractivity contribution < 1.29 is 14.7 Å². The van der Waals surface area contributed by atoms with Crippen LogP contribution in [0.5, 0.6) is 0 Å². The van der Waals surface area contributed by atoms with Crippen LogP contribution in [0.3, 0.4) is 0 Å². The number of nitrogens with two attached hydrogens (primary N) is 1. The van der Waals surface area contributed by atoms with Crippen LogP contribution < -0.4 is 11.1 Å². The minimum Gasteiger partial charge on any atom is -0.481 e. The van der Waals surface area contributed by atoms with Crippen LogP contribution in [-0.4, -0.2) is 29.6 Å². The number of rotatable bonds is 5. The maximum Gasteiger partial charge on any atom is 0.306 e. The van der Waals surface area contributed by atoms with Crippen LogP contribution in [0, 0.1) is 5.92 Å². The highest BCUT2D eigenvalue weighted by atomic mass is 16.4. The van der Waals surface area contributed by atoms with E-state index in [0.29, 0.717) is 31.4 Å². The van der Waals surface area contributed by atoms with Crippen LogP contribution in [0.15, 0.2) is 24.3 Å². The second kappa shape index (κ2) is 7.22. The Bertz CT molecular complexity index is 516. The summed E-state index contributed by atoms with van der Waals surface area (Å²) in [6, 6.07) is 7.36. The molecule has 114 valence electrons. The van der Waals surface area contributed by atoms with Crippen molar-refractivity contribution in [1.29, 1.82) is 0 Å². The molecule has 1 aliphatic rings. The molecule has 1 saturated carbocycles. The van der Waals surface area contributed by atoms with E-state index in [-0.39, 0.29) is 17.9 Å². The van der Waals surface area contributed by atoms with Gasteiger partial charge in [-0.1, -0.05) is 24.6 Å². The molecule has 1 aliphatic carbocycles. The van der Waals surface area contributed by atoms with E-state index in [1.807, 2.05) is 18.2 Å². The zero-order valence-corrected chi connectivity index (χ0v) is 12.0. The molecule has 2 atom stereocenters. The van der Waals surface area contributed by atoms with Gasteiger partial charge in [0.25, 0.3) is 5.91 Å². The number of hydrogen-bond acceptors (Lipinski definition) is 3. The van der Waals surface area contributed by atoms with Crippen molar-refractivity contribution in [2.75, 3.05) is 6.54 Å². The van der Waals surface area contributed by atoms with Crippen LogP contribution >= 0.6 is 0 Å². The third-order valence-corrected chi connectivity index (χ3v) is 4.03. The van der Waals surface area contributed by atoms with E-state index in [2.05, 4.69) is 5.32 Å². The third kappa shape index (κ3) is 4.04. The lowest BCUT2D eigenvalue weighted by Crippen LogP contribution is -2.40. The van der Waals surface area contributed by atoms with E-state index >= 15 is 0 Å². The second-order valence-electron chi connectivity index (χ2n) is 5.57. The number of benzene rings is 1. The molecule has 1 amide bonds. The van der Waals surface area contributed by atoms with Crippen molar-refractivity contribution in [2.45, 2.75) is 38.1 Å². The summed E-state index contributed by atoms with van der Waals surface area (Å²) in [5.74, 6) is -1.24. The molecule has 0 bridgehead atoms. The largest absolute Gasteiger partial charge is 0.481 e. The van der Waals surface area contributed by atoms with Gasteiger partial charge in [-0.25, -0.2) is 0 Å². The van der Waals surface area contributed by atoms with Gasteiger partial charge in [-0.3, -0.25) is 9.59 Å². The molecule has 4 N–H and O–H groups in total. The number of nitrogens with one attached hydrogen (secondary N) is 1. The van der Waals surface area contributed by atoms with Crippen molar-refractivity contribution in [3.05, 3.63) is 35.4 Å². The van der Waals surface area contributed by atoms with Gasteiger partial charge >= 0.3 is 5.97 Å². The predicted octanol–water partition coefficient (Wildman–Crippen LogP) is 1.56. The van der Waals surface area contributed by atoms with Crippen LogP contribution in [-0.2, 0) is 11.2 Å². The fourth-order valence-corrected chi connectivity index (χ4v) is 2.92. The normalized spacial score (nSPS) is 21.8. The molecule has 0 spiro atoms. The number of amides is 1. The lowest BCUT2D eigenvalue weighted by atomic mass is 9.85. The second-order valence-corrected chi connectivity index (χ2v) is 5.57. The van der Waals surface area contributed by atoms with Crippen LogP contribution in [0.2, 0.25) is 0 Å². The van der Waals surface area contributed by atoms with Crippen molar-refractivity contribution in [3.63, 3.8) is 0 Å². The summed E-state index contributed by atoms with van der Waals surface area (Å²) in [4.78, 5) is 23.5. The van der Waals surface area contributed by atoms with Gasteiger partial charge in [-0.15, -0.1) is 0 Å². The topological polar surface area (TPSA) is 92.4 Å². The first kappa shape index (κ1) is 15.5. The number of carboxylic acids is 1. The first-order valence-corrected chi connectivity index (χ1v) is 7.43. The summed E-state index contributed by atoms with van der Waals surface area (Å²) < 4.78 is 0. The fourth-order valence-electron chi connectivity index (χ4n) is 2.92. The summed E-state index contributed by atoms with van der Waals surface area (Å²) in [6.07, 6.45) is 3.55. The highest BCUT2D eigenvalue weighted by Crippen LogP contribution is 2.25. The Morgan fingerprint density at radius 1 is 1.29 bits per heavy atom. The van der Waals surface area contributed by atoms with Crippen molar-refractivity contribution in [2.24, 2.45) is 11.7 Å². The van der Waals surface area contributed by atoms with E-state index in [4.69, 9.17) is 10.8 Å². The standard InChI is InChI=1S/C16H22N2O3/c17-9-8-11-4-1-2-7-14(11)15(19)18-13-6-3-5-12(10-13)16(20)21/h1-2,4,7,12-13H,3,5-6,8-10,17H2,(H,18,19)(H,20,21). The summed E-state index contributed by atoms with van der Waals surface area (Å²) in [6.45, 7) is 0.495. The van der Waals surface area contributed by atoms with E-state index in [1.165, 1.54) is 0 Å². The molecule has 0 aliphatic heterocycles. The van der Waals surface area contributed by atoms with Gasteiger partial charge in [-0.2, -0.15) is 0 Å².